The average molecular weight is 380 g/mol. The Morgan fingerprint density at radius 2 is 2.29 bits per heavy atom. The molecule has 0 aliphatic rings. The van der Waals surface area contributed by atoms with Crippen LogP contribution in [0.3, 0.4) is 0 Å². The van der Waals surface area contributed by atoms with E-state index in [1.807, 2.05) is 13.0 Å². The summed E-state index contributed by atoms with van der Waals surface area (Å²) in [7, 11) is 0. The molecule has 17 heavy (non-hydrogen) atoms. The predicted octanol–water partition coefficient (Wildman–Crippen LogP) is 3.90. The van der Waals surface area contributed by atoms with Crippen molar-refractivity contribution in [3.05, 3.63) is 37.1 Å². The van der Waals surface area contributed by atoms with Crippen molar-refractivity contribution in [2.75, 3.05) is 6.54 Å². The number of aryl methyl sites for hydroxylation is 1. The molecule has 0 atom stereocenters. The predicted molar refractivity (Wildman–Crippen MR) is 76.4 cm³/mol. The zero-order valence-electron chi connectivity index (χ0n) is 9.30. The van der Waals surface area contributed by atoms with Crippen molar-refractivity contribution in [2.24, 2.45) is 0 Å². The standard InChI is InChI=1S/C11H12Br2N2OS/c1-7-6-17-10(15-7)2-3-14-5-8-4-9(12)11(13)16-8/h4,6,14H,2-3,5H2,1H3. The molecule has 0 bridgehead atoms. The molecule has 6 heteroatoms. The molecular weight excluding hydrogens is 368 g/mol. The Morgan fingerprint density at radius 1 is 1.47 bits per heavy atom. The summed E-state index contributed by atoms with van der Waals surface area (Å²) in [5, 5.41) is 6.59. The maximum absolute atomic E-state index is 5.46. The van der Waals surface area contributed by atoms with E-state index in [2.05, 4.69) is 47.5 Å². The smallest absolute Gasteiger partial charge is 0.183 e. The Hall–Kier alpha value is -0.170. The molecule has 2 aromatic rings. The molecule has 0 fully saturated rings. The Kier molecular flexibility index (Phi) is 4.78. The third-order valence-electron chi connectivity index (χ3n) is 2.18. The van der Waals surface area contributed by atoms with Crippen molar-refractivity contribution < 1.29 is 4.42 Å². The first-order valence-corrected chi connectivity index (χ1v) is 7.67. The number of halogens is 2. The van der Waals surface area contributed by atoms with Gasteiger partial charge in [-0.1, -0.05) is 0 Å². The molecule has 3 nitrogen and oxygen atoms in total. The lowest BCUT2D eigenvalue weighted by atomic mass is 10.4. The minimum absolute atomic E-state index is 0.731. The number of nitrogens with one attached hydrogen (secondary N) is 1. The zero-order chi connectivity index (χ0) is 12.3. The van der Waals surface area contributed by atoms with Gasteiger partial charge in [-0.3, -0.25) is 0 Å². The zero-order valence-corrected chi connectivity index (χ0v) is 13.3. The van der Waals surface area contributed by atoms with E-state index < -0.39 is 0 Å². The van der Waals surface area contributed by atoms with Crippen molar-refractivity contribution in [3.8, 4) is 0 Å². The van der Waals surface area contributed by atoms with E-state index in [1.54, 1.807) is 11.3 Å². The SMILES string of the molecule is Cc1csc(CCNCc2cc(Br)c(Br)o2)n1. The second kappa shape index (κ2) is 6.13. The van der Waals surface area contributed by atoms with Gasteiger partial charge in [-0.05, 0) is 44.8 Å². The number of aromatic nitrogens is 1. The maximum atomic E-state index is 5.46. The van der Waals surface area contributed by atoms with E-state index >= 15 is 0 Å². The van der Waals surface area contributed by atoms with Crippen molar-refractivity contribution >= 4 is 43.2 Å². The summed E-state index contributed by atoms with van der Waals surface area (Å²) >= 11 is 8.42. The van der Waals surface area contributed by atoms with Crippen molar-refractivity contribution in [3.63, 3.8) is 0 Å². The number of nitrogens with zero attached hydrogens (tertiary/aromatic N) is 1. The minimum Gasteiger partial charge on any atom is -0.452 e. The molecule has 2 aromatic heterocycles. The molecule has 0 aromatic carbocycles. The van der Waals surface area contributed by atoms with E-state index in [4.69, 9.17) is 4.42 Å². The third-order valence-corrected chi connectivity index (χ3v) is 4.91. The normalized spacial score (nSPS) is 11.0. The molecule has 0 radical (unpaired) electrons. The molecular formula is C11H12Br2N2OS. The van der Waals surface area contributed by atoms with Crippen LogP contribution in [0.4, 0.5) is 0 Å². The van der Waals surface area contributed by atoms with Gasteiger partial charge in [0.1, 0.15) is 5.76 Å². The summed E-state index contributed by atoms with van der Waals surface area (Å²) in [6, 6.07) is 1.96. The Balaban J connectivity index is 1.73. The van der Waals surface area contributed by atoms with Gasteiger partial charge < -0.3 is 9.73 Å². The molecule has 0 saturated carbocycles. The molecule has 0 aliphatic carbocycles. The van der Waals surface area contributed by atoms with Crippen LogP contribution in [-0.4, -0.2) is 11.5 Å². The quantitative estimate of drug-likeness (QED) is 0.800. The van der Waals surface area contributed by atoms with Crippen LogP contribution in [0, 0.1) is 6.92 Å². The lowest BCUT2D eigenvalue weighted by molar-refractivity contribution is 0.465. The summed E-state index contributed by atoms with van der Waals surface area (Å²) < 4.78 is 7.15. The molecule has 0 spiro atoms. The number of thiazole rings is 1. The highest BCUT2D eigenvalue weighted by atomic mass is 79.9. The van der Waals surface area contributed by atoms with Crippen LogP contribution >= 0.6 is 43.2 Å². The fourth-order valence-corrected chi connectivity index (χ4v) is 2.84. The lowest BCUT2D eigenvalue weighted by Gasteiger charge is -2.00. The van der Waals surface area contributed by atoms with E-state index in [0.29, 0.717) is 0 Å². The highest BCUT2D eigenvalue weighted by Gasteiger charge is 2.05. The van der Waals surface area contributed by atoms with Gasteiger partial charge in [-0.15, -0.1) is 11.3 Å². The van der Waals surface area contributed by atoms with Gasteiger partial charge in [0.05, 0.1) is 16.0 Å². The van der Waals surface area contributed by atoms with Crippen LogP contribution < -0.4 is 5.32 Å². The Bertz CT molecular complexity index is 476. The molecule has 92 valence electrons. The van der Waals surface area contributed by atoms with Crippen LogP contribution in [0.2, 0.25) is 0 Å². The van der Waals surface area contributed by atoms with Gasteiger partial charge in [-0.2, -0.15) is 0 Å². The van der Waals surface area contributed by atoms with Crippen molar-refractivity contribution in [1.29, 1.82) is 0 Å². The van der Waals surface area contributed by atoms with E-state index in [9.17, 15) is 0 Å². The molecule has 1 N–H and O–H groups in total. The highest BCUT2D eigenvalue weighted by molar-refractivity contribution is 9.13. The van der Waals surface area contributed by atoms with Crippen LogP contribution in [0.5, 0.6) is 0 Å². The summed E-state index contributed by atoms with van der Waals surface area (Å²) in [5.41, 5.74) is 1.10. The van der Waals surface area contributed by atoms with Crippen LogP contribution in [-0.2, 0) is 13.0 Å². The number of hydrogen-bond acceptors (Lipinski definition) is 4. The van der Waals surface area contributed by atoms with Gasteiger partial charge in [0.15, 0.2) is 4.67 Å². The number of rotatable bonds is 5. The van der Waals surface area contributed by atoms with Gasteiger partial charge in [0, 0.05) is 24.0 Å². The topological polar surface area (TPSA) is 38.1 Å². The van der Waals surface area contributed by atoms with Crippen LogP contribution in [0.25, 0.3) is 0 Å². The summed E-state index contributed by atoms with van der Waals surface area (Å²) in [5.74, 6) is 0.916. The fraction of sp³-hybridized carbons (Fsp3) is 0.364. The number of hydrogen-bond donors (Lipinski definition) is 1. The Morgan fingerprint density at radius 3 is 2.88 bits per heavy atom. The van der Waals surface area contributed by atoms with Crippen molar-refractivity contribution in [2.45, 2.75) is 19.9 Å². The second-order valence-electron chi connectivity index (χ2n) is 3.64. The first-order chi connectivity index (χ1) is 8.15. The maximum Gasteiger partial charge on any atom is 0.183 e. The fourth-order valence-electron chi connectivity index (χ4n) is 1.40. The van der Waals surface area contributed by atoms with E-state index in [1.165, 1.54) is 5.01 Å². The monoisotopic (exact) mass is 378 g/mol. The molecule has 2 heterocycles. The number of furan rings is 1. The van der Waals surface area contributed by atoms with Gasteiger partial charge in [0.2, 0.25) is 0 Å². The van der Waals surface area contributed by atoms with Gasteiger partial charge in [0.25, 0.3) is 0 Å². The molecule has 2 rings (SSSR count). The first-order valence-electron chi connectivity index (χ1n) is 5.20. The van der Waals surface area contributed by atoms with Crippen LogP contribution in [0.1, 0.15) is 16.5 Å². The average Bonchev–Trinajstić information content (AvgIpc) is 2.82. The van der Waals surface area contributed by atoms with Gasteiger partial charge in [-0.25, -0.2) is 4.98 Å². The second-order valence-corrected chi connectivity index (χ2v) is 6.16. The Labute approximate surface area is 121 Å². The molecule has 0 amide bonds. The van der Waals surface area contributed by atoms with Gasteiger partial charge >= 0.3 is 0 Å². The summed E-state index contributed by atoms with van der Waals surface area (Å²) in [6.45, 7) is 3.66. The molecule has 0 aliphatic heterocycles. The molecule has 0 saturated heterocycles. The first kappa shape index (κ1) is 13.3. The minimum atomic E-state index is 0.731. The largest absolute Gasteiger partial charge is 0.452 e. The highest BCUT2D eigenvalue weighted by Crippen LogP contribution is 2.26. The van der Waals surface area contributed by atoms with Crippen LogP contribution in [0.15, 0.2) is 25.0 Å². The van der Waals surface area contributed by atoms with E-state index in [0.717, 1.165) is 40.1 Å². The lowest BCUT2D eigenvalue weighted by Crippen LogP contribution is -2.16. The van der Waals surface area contributed by atoms with E-state index in [-0.39, 0.29) is 0 Å². The van der Waals surface area contributed by atoms with Crippen molar-refractivity contribution in [1.82, 2.24) is 10.3 Å². The summed E-state index contributed by atoms with van der Waals surface area (Å²) in [4.78, 5) is 4.41. The summed E-state index contributed by atoms with van der Waals surface area (Å²) in [6.07, 6.45) is 0.960. The molecule has 0 unspecified atom stereocenters. The third kappa shape index (κ3) is 3.91.